The Bertz CT molecular complexity index is 207. The van der Waals surface area contributed by atoms with Crippen LogP contribution >= 0.6 is 7.82 Å². The van der Waals surface area contributed by atoms with Crippen molar-refractivity contribution in [3.8, 4) is 0 Å². The van der Waals surface area contributed by atoms with Crippen LogP contribution in [0.2, 0.25) is 0 Å². The molecule has 13 heavy (non-hydrogen) atoms. The average Bonchev–Trinajstić information content (AvgIpc) is 1.79. The molecule has 2 unspecified atom stereocenters. The van der Waals surface area contributed by atoms with Crippen LogP contribution in [-0.2, 0) is 9.09 Å². The summed E-state index contributed by atoms with van der Waals surface area (Å²) in [4.78, 5) is 17.2. The maximum absolute atomic E-state index is 10.5. The van der Waals surface area contributed by atoms with Crippen LogP contribution in [0.5, 0.6) is 0 Å². The molecule has 0 aliphatic heterocycles. The Kier molecular flexibility index (Phi) is 4.09. The van der Waals surface area contributed by atoms with Crippen LogP contribution in [0.3, 0.4) is 0 Å². The molecule has 0 aliphatic carbocycles. The topological polar surface area (TPSA) is 66.8 Å². The van der Waals surface area contributed by atoms with Gasteiger partial charge >= 0.3 is 7.82 Å². The summed E-state index contributed by atoms with van der Waals surface area (Å²) >= 11 is 0. The Balaban J connectivity index is 4.29. The minimum Gasteiger partial charge on any atom is -0.327 e. The number of nitrogens with zero attached hydrogens (tertiary/aromatic N) is 1. The summed E-state index contributed by atoms with van der Waals surface area (Å²) in [5.74, 6) is 0. The zero-order valence-corrected chi connectivity index (χ0v) is 9.65. The van der Waals surface area contributed by atoms with E-state index in [-0.39, 0.29) is 6.04 Å². The van der Waals surface area contributed by atoms with Gasteiger partial charge in [-0.25, -0.2) is 4.57 Å². The first-order chi connectivity index (χ1) is 5.54. The second-order valence-electron chi connectivity index (χ2n) is 4.16. The molecule has 0 aliphatic rings. The Hall–Kier alpha value is 0.0700. The second-order valence-corrected chi connectivity index (χ2v) is 5.35. The molecule has 0 aromatic carbocycles. The van der Waals surface area contributed by atoms with Crippen molar-refractivity contribution in [1.82, 2.24) is 0 Å². The highest BCUT2D eigenvalue weighted by Crippen LogP contribution is 2.38. The monoisotopic (exact) mass is 212 g/mol. The first kappa shape index (κ1) is 13.1. The standard InChI is InChI=1S/C7H18NO4P/c1-6(8(3,4)5)7(2)12-13(9,10)11/h6-7H,1-5H3,(H-,9,10,11)/p+1. The zero-order valence-electron chi connectivity index (χ0n) is 8.76. The van der Waals surface area contributed by atoms with Gasteiger partial charge in [0.25, 0.3) is 0 Å². The van der Waals surface area contributed by atoms with E-state index in [1.807, 2.05) is 28.1 Å². The van der Waals surface area contributed by atoms with Gasteiger partial charge in [0.05, 0.1) is 21.1 Å². The molecule has 0 aromatic heterocycles. The van der Waals surface area contributed by atoms with Gasteiger partial charge in [-0.1, -0.05) is 0 Å². The van der Waals surface area contributed by atoms with E-state index in [0.717, 1.165) is 0 Å². The average molecular weight is 212 g/mol. The summed E-state index contributed by atoms with van der Waals surface area (Å²) in [6.45, 7) is 3.55. The maximum atomic E-state index is 10.5. The molecule has 2 atom stereocenters. The number of rotatable bonds is 4. The summed E-state index contributed by atoms with van der Waals surface area (Å²) in [5, 5.41) is 0. The predicted octanol–water partition coefficient (Wildman–Crippen LogP) is 0.579. The van der Waals surface area contributed by atoms with Crippen molar-refractivity contribution >= 4 is 7.82 Å². The predicted molar refractivity (Wildman–Crippen MR) is 50.1 cm³/mol. The highest BCUT2D eigenvalue weighted by molar-refractivity contribution is 7.46. The Morgan fingerprint density at radius 3 is 1.85 bits per heavy atom. The maximum Gasteiger partial charge on any atom is 0.470 e. The fraction of sp³-hybridized carbons (Fsp3) is 1.00. The molecule has 0 saturated carbocycles. The van der Waals surface area contributed by atoms with Gasteiger partial charge in [-0.3, -0.25) is 4.52 Å². The summed E-state index contributed by atoms with van der Waals surface area (Å²) in [7, 11) is 1.49. The lowest BCUT2D eigenvalue weighted by atomic mass is 10.2. The van der Waals surface area contributed by atoms with Crippen LogP contribution < -0.4 is 0 Å². The van der Waals surface area contributed by atoms with Crippen LogP contribution in [0.25, 0.3) is 0 Å². The molecule has 0 radical (unpaired) electrons. The van der Waals surface area contributed by atoms with E-state index >= 15 is 0 Å². The smallest absolute Gasteiger partial charge is 0.327 e. The molecule has 0 fully saturated rings. The van der Waals surface area contributed by atoms with Gasteiger partial charge in [-0.15, -0.1) is 0 Å². The van der Waals surface area contributed by atoms with Crippen LogP contribution in [0.1, 0.15) is 13.8 Å². The van der Waals surface area contributed by atoms with Gasteiger partial charge in [0, 0.05) is 0 Å². The van der Waals surface area contributed by atoms with Crippen LogP contribution in [0.15, 0.2) is 0 Å². The van der Waals surface area contributed by atoms with Gasteiger partial charge in [-0.2, -0.15) is 0 Å². The SMILES string of the molecule is CC(OP(=O)(O)O)C(C)[N+](C)(C)C. The molecule has 2 N–H and O–H groups in total. The highest BCUT2D eigenvalue weighted by atomic mass is 31.2. The number of hydrogen-bond acceptors (Lipinski definition) is 2. The first-order valence-electron chi connectivity index (χ1n) is 4.09. The third kappa shape index (κ3) is 5.39. The van der Waals surface area contributed by atoms with Crippen molar-refractivity contribution in [3.63, 3.8) is 0 Å². The number of likely N-dealkylation sites (N-methyl/N-ethyl adjacent to an activating group) is 1. The lowest BCUT2D eigenvalue weighted by Crippen LogP contribution is -2.49. The van der Waals surface area contributed by atoms with Gasteiger partial charge in [-0.05, 0) is 13.8 Å². The lowest BCUT2D eigenvalue weighted by molar-refractivity contribution is -0.897. The summed E-state index contributed by atoms with van der Waals surface area (Å²) < 4.78 is 15.7. The molecule has 5 nitrogen and oxygen atoms in total. The van der Waals surface area contributed by atoms with Crippen molar-refractivity contribution in [2.75, 3.05) is 21.1 Å². The third-order valence-corrected chi connectivity index (χ3v) is 2.81. The molecule has 0 aromatic rings. The molecule has 80 valence electrons. The van der Waals surface area contributed by atoms with Crippen molar-refractivity contribution in [2.24, 2.45) is 0 Å². The Morgan fingerprint density at radius 2 is 1.62 bits per heavy atom. The molecule has 0 spiro atoms. The molecule has 0 saturated heterocycles. The second kappa shape index (κ2) is 4.07. The van der Waals surface area contributed by atoms with Crippen LogP contribution in [-0.4, -0.2) is 47.6 Å². The number of hydrogen-bond donors (Lipinski definition) is 2. The Morgan fingerprint density at radius 1 is 1.23 bits per heavy atom. The summed E-state index contributed by atoms with van der Waals surface area (Å²) in [6, 6.07) is 0.0209. The third-order valence-electron chi connectivity index (χ3n) is 2.20. The Labute approximate surface area is 79.2 Å². The first-order valence-corrected chi connectivity index (χ1v) is 5.62. The summed E-state index contributed by atoms with van der Waals surface area (Å²) in [6.07, 6.45) is -0.471. The molecular weight excluding hydrogens is 193 g/mol. The van der Waals surface area contributed by atoms with E-state index in [4.69, 9.17) is 9.79 Å². The van der Waals surface area contributed by atoms with Crippen molar-refractivity contribution in [1.29, 1.82) is 0 Å². The quantitative estimate of drug-likeness (QED) is 0.528. The minimum atomic E-state index is -4.36. The number of phosphoric ester groups is 1. The lowest BCUT2D eigenvalue weighted by Gasteiger charge is -2.35. The fourth-order valence-electron chi connectivity index (χ4n) is 0.934. The van der Waals surface area contributed by atoms with Gasteiger partial charge in [0.15, 0.2) is 0 Å². The molecular formula is C7H19NO4P+. The molecule has 0 heterocycles. The van der Waals surface area contributed by atoms with Crippen molar-refractivity contribution in [3.05, 3.63) is 0 Å². The van der Waals surface area contributed by atoms with Gasteiger partial charge < -0.3 is 14.3 Å². The van der Waals surface area contributed by atoms with Crippen LogP contribution in [0, 0.1) is 0 Å². The van der Waals surface area contributed by atoms with Gasteiger partial charge in [0.2, 0.25) is 0 Å². The largest absolute Gasteiger partial charge is 0.470 e. The van der Waals surface area contributed by atoms with E-state index in [2.05, 4.69) is 4.52 Å². The fourth-order valence-corrected chi connectivity index (χ4v) is 1.54. The zero-order chi connectivity index (χ0) is 10.9. The van der Waals surface area contributed by atoms with Crippen molar-refractivity contribution in [2.45, 2.75) is 26.0 Å². The molecule has 0 rings (SSSR count). The highest BCUT2D eigenvalue weighted by Gasteiger charge is 2.30. The number of phosphoric acid groups is 1. The molecule has 0 amide bonds. The van der Waals surface area contributed by atoms with E-state index < -0.39 is 13.9 Å². The molecule has 0 bridgehead atoms. The van der Waals surface area contributed by atoms with Crippen molar-refractivity contribution < 1.29 is 23.4 Å². The minimum absolute atomic E-state index is 0.0209. The van der Waals surface area contributed by atoms with E-state index in [1.165, 1.54) is 0 Å². The normalized spacial score (nSPS) is 18.4. The van der Waals surface area contributed by atoms with Crippen LogP contribution in [0.4, 0.5) is 0 Å². The van der Waals surface area contributed by atoms with Gasteiger partial charge in [0.1, 0.15) is 12.1 Å². The molecule has 6 heteroatoms. The van der Waals surface area contributed by atoms with E-state index in [1.54, 1.807) is 6.92 Å². The number of quaternary nitrogens is 1. The summed E-state index contributed by atoms with van der Waals surface area (Å²) in [5.41, 5.74) is 0. The van der Waals surface area contributed by atoms with E-state index in [9.17, 15) is 4.57 Å². The van der Waals surface area contributed by atoms with E-state index in [0.29, 0.717) is 4.48 Å².